The van der Waals surface area contributed by atoms with Crippen molar-refractivity contribution in [2.45, 2.75) is 6.42 Å². The number of carbonyl (C=O) groups excluding carboxylic acids is 1. The van der Waals surface area contributed by atoms with Gasteiger partial charge in [-0.3, -0.25) is 9.59 Å². The first kappa shape index (κ1) is 17.2. The smallest absolute Gasteiger partial charge is 0.307 e. The van der Waals surface area contributed by atoms with Crippen LogP contribution in [0.25, 0.3) is 21.2 Å². The number of fused-ring (bicyclic) bond motifs is 1. The Morgan fingerprint density at radius 3 is 2.11 bits per heavy atom. The van der Waals surface area contributed by atoms with Crippen LogP contribution in [-0.4, -0.2) is 16.9 Å². The number of rotatable bonds is 5. The molecule has 3 nitrogen and oxygen atoms in total. The third-order valence-electron chi connectivity index (χ3n) is 4.49. The second kappa shape index (κ2) is 7.17. The molecule has 4 rings (SSSR count). The Morgan fingerprint density at radius 2 is 1.41 bits per heavy atom. The van der Waals surface area contributed by atoms with Crippen LogP contribution in [0, 0.1) is 0 Å². The molecular formula is C23H16O3S. The van der Waals surface area contributed by atoms with Gasteiger partial charge in [-0.1, -0.05) is 72.8 Å². The predicted molar refractivity (Wildman–Crippen MR) is 108 cm³/mol. The lowest BCUT2D eigenvalue weighted by atomic mass is 9.99. The van der Waals surface area contributed by atoms with Crippen LogP contribution in [0.1, 0.15) is 20.8 Å². The number of benzene rings is 3. The van der Waals surface area contributed by atoms with Crippen LogP contribution in [0.5, 0.6) is 0 Å². The van der Waals surface area contributed by atoms with Crippen molar-refractivity contribution in [3.05, 3.63) is 94.9 Å². The highest BCUT2D eigenvalue weighted by molar-refractivity contribution is 7.21. The zero-order valence-corrected chi connectivity index (χ0v) is 15.2. The SMILES string of the molecule is O=C(O)Cc1c(C(=O)c2ccc(-c3ccccc3)cc2)sc2ccccc12. The fraction of sp³-hybridized carbons (Fsp3) is 0.0435. The fourth-order valence-electron chi connectivity index (χ4n) is 3.18. The maximum absolute atomic E-state index is 13.1. The van der Waals surface area contributed by atoms with Gasteiger partial charge in [0.15, 0.2) is 0 Å². The minimum atomic E-state index is -0.938. The van der Waals surface area contributed by atoms with Gasteiger partial charge >= 0.3 is 5.97 Å². The monoisotopic (exact) mass is 372 g/mol. The molecule has 0 aliphatic carbocycles. The van der Waals surface area contributed by atoms with E-state index in [1.807, 2.05) is 66.7 Å². The summed E-state index contributed by atoms with van der Waals surface area (Å²) in [7, 11) is 0. The molecule has 0 unspecified atom stereocenters. The second-order valence-electron chi connectivity index (χ2n) is 6.25. The lowest BCUT2D eigenvalue weighted by Gasteiger charge is -2.05. The van der Waals surface area contributed by atoms with Gasteiger partial charge in [0, 0.05) is 10.3 Å². The van der Waals surface area contributed by atoms with Crippen molar-refractivity contribution in [3.63, 3.8) is 0 Å². The topological polar surface area (TPSA) is 54.4 Å². The number of carboxylic acids is 1. The summed E-state index contributed by atoms with van der Waals surface area (Å²) >= 11 is 1.36. The Balaban J connectivity index is 1.73. The van der Waals surface area contributed by atoms with E-state index >= 15 is 0 Å². The molecule has 0 saturated heterocycles. The third kappa shape index (κ3) is 3.39. The zero-order valence-electron chi connectivity index (χ0n) is 14.4. The molecule has 4 heteroatoms. The van der Waals surface area contributed by atoms with Crippen molar-refractivity contribution in [3.8, 4) is 11.1 Å². The van der Waals surface area contributed by atoms with E-state index in [1.54, 1.807) is 12.1 Å². The molecule has 1 aromatic heterocycles. The molecule has 0 amide bonds. The van der Waals surface area contributed by atoms with Crippen LogP contribution < -0.4 is 0 Å². The molecule has 0 fully saturated rings. The number of carbonyl (C=O) groups is 2. The Labute approximate surface area is 160 Å². The minimum absolute atomic E-state index is 0.132. The molecule has 27 heavy (non-hydrogen) atoms. The van der Waals surface area contributed by atoms with Crippen molar-refractivity contribution >= 4 is 33.2 Å². The lowest BCUT2D eigenvalue weighted by Crippen LogP contribution is -2.06. The summed E-state index contributed by atoms with van der Waals surface area (Å²) in [6, 6.07) is 25.0. The first-order chi connectivity index (χ1) is 13.1. The highest BCUT2D eigenvalue weighted by atomic mass is 32.1. The van der Waals surface area contributed by atoms with Crippen molar-refractivity contribution in [1.29, 1.82) is 0 Å². The van der Waals surface area contributed by atoms with Gasteiger partial charge in [-0.2, -0.15) is 0 Å². The molecule has 3 aromatic carbocycles. The van der Waals surface area contributed by atoms with Gasteiger partial charge < -0.3 is 5.11 Å². The summed E-state index contributed by atoms with van der Waals surface area (Å²) in [6.45, 7) is 0. The van der Waals surface area contributed by atoms with Crippen molar-refractivity contribution in [2.24, 2.45) is 0 Å². The molecule has 4 aromatic rings. The summed E-state index contributed by atoms with van der Waals surface area (Å²) in [6.07, 6.45) is -0.160. The molecule has 0 spiro atoms. The van der Waals surface area contributed by atoms with E-state index in [4.69, 9.17) is 0 Å². The normalized spacial score (nSPS) is 10.8. The van der Waals surface area contributed by atoms with E-state index in [9.17, 15) is 14.7 Å². The third-order valence-corrected chi connectivity index (χ3v) is 5.70. The van der Waals surface area contributed by atoms with Gasteiger partial charge in [-0.05, 0) is 28.1 Å². The molecule has 132 valence electrons. The van der Waals surface area contributed by atoms with Gasteiger partial charge in [-0.15, -0.1) is 11.3 Å². The lowest BCUT2D eigenvalue weighted by molar-refractivity contribution is -0.136. The van der Waals surface area contributed by atoms with Gasteiger partial charge in [-0.25, -0.2) is 0 Å². The Kier molecular flexibility index (Phi) is 4.57. The summed E-state index contributed by atoms with van der Waals surface area (Å²) < 4.78 is 0.929. The highest BCUT2D eigenvalue weighted by Crippen LogP contribution is 2.33. The van der Waals surface area contributed by atoms with Crippen molar-refractivity contribution in [1.82, 2.24) is 0 Å². The van der Waals surface area contributed by atoms with E-state index in [0.29, 0.717) is 16.0 Å². The zero-order chi connectivity index (χ0) is 18.8. The number of ketones is 1. The minimum Gasteiger partial charge on any atom is -0.481 e. The number of aliphatic carboxylic acids is 1. The van der Waals surface area contributed by atoms with E-state index in [-0.39, 0.29) is 12.2 Å². The maximum atomic E-state index is 13.1. The number of thiophene rings is 1. The molecular weight excluding hydrogens is 356 g/mol. The Morgan fingerprint density at radius 1 is 0.778 bits per heavy atom. The van der Waals surface area contributed by atoms with Gasteiger partial charge in [0.25, 0.3) is 0 Å². The van der Waals surface area contributed by atoms with E-state index in [0.717, 1.165) is 21.2 Å². The molecule has 1 heterocycles. The largest absolute Gasteiger partial charge is 0.481 e. The molecule has 0 aliphatic rings. The van der Waals surface area contributed by atoms with E-state index in [1.165, 1.54) is 11.3 Å². The molecule has 1 N–H and O–H groups in total. The Hall–Kier alpha value is -3.24. The average Bonchev–Trinajstić information content (AvgIpc) is 3.06. The number of hydrogen-bond donors (Lipinski definition) is 1. The van der Waals surface area contributed by atoms with E-state index < -0.39 is 5.97 Å². The summed E-state index contributed by atoms with van der Waals surface area (Å²) in [5.74, 6) is -1.07. The molecule has 0 bridgehead atoms. The Bertz CT molecular complexity index is 1130. The van der Waals surface area contributed by atoms with Crippen molar-refractivity contribution < 1.29 is 14.7 Å². The fourth-order valence-corrected chi connectivity index (χ4v) is 4.37. The van der Waals surface area contributed by atoms with Crippen LogP contribution in [0.15, 0.2) is 78.9 Å². The molecule has 0 radical (unpaired) electrons. The number of carboxylic acid groups (broad SMARTS) is 1. The van der Waals surface area contributed by atoms with Crippen LogP contribution in [0.2, 0.25) is 0 Å². The highest BCUT2D eigenvalue weighted by Gasteiger charge is 2.21. The second-order valence-corrected chi connectivity index (χ2v) is 7.30. The maximum Gasteiger partial charge on any atom is 0.307 e. The van der Waals surface area contributed by atoms with Crippen molar-refractivity contribution in [2.75, 3.05) is 0 Å². The van der Waals surface area contributed by atoms with E-state index in [2.05, 4.69) is 0 Å². The van der Waals surface area contributed by atoms with Gasteiger partial charge in [0.1, 0.15) is 0 Å². The molecule has 0 atom stereocenters. The van der Waals surface area contributed by atoms with Crippen LogP contribution in [0.3, 0.4) is 0 Å². The standard InChI is InChI=1S/C23H16O3S/c24-21(25)14-19-18-8-4-5-9-20(18)27-23(19)22(26)17-12-10-16(11-13-17)15-6-2-1-3-7-15/h1-13H,14H2,(H,24,25). The first-order valence-corrected chi connectivity index (χ1v) is 9.37. The predicted octanol–water partition coefficient (Wildman–Crippen LogP) is 5.43. The van der Waals surface area contributed by atoms with Gasteiger partial charge in [0.2, 0.25) is 5.78 Å². The number of hydrogen-bond acceptors (Lipinski definition) is 3. The first-order valence-electron chi connectivity index (χ1n) is 8.56. The van der Waals surface area contributed by atoms with Crippen LogP contribution in [0.4, 0.5) is 0 Å². The summed E-state index contributed by atoms with van der Waals surface area (Å²) in [5.41, 5.74) is 3.28. The summed E-state index contributed by atoms with van der Waals surface area (Å²) in [4.78, 5) is 24.9. The van der Waals surface area contributed by atoms with Gasteiger partial charge in [0.05, 0.1) is 11.3 Å². The average molecular weight is 372 g/mol. The van der Waals surface area contributed by atoms with Crippen LogP contribution >= 0.6 is 11.3 Å². The molecule has 0 saturated carbocycles. The molecule has 0 aliphatic heterocycles. The quantitative estimate of drug-likeness (QED) is 0.476. The summed E-state index contributed by atoms with van der Waals surface area (Å²) in [5, 5.41) is 10.1. The van der Waals surface area contributed by atoms with Crippen LogP contribution in [-0.2, 0) is 11.2 Å².